The van der Waals surface area contributed by atoms with Gasteiger partial charge in [-0.1, -0.05) is 56.4 Å². The Morgan fingerprint density at radius 3 is 2.07 bits per heavy atom. The first-order valence-corrected chi connectivity index (χ1v) is 5.93. The minimum Gasteiger partial charge on any atom is -0.0581 e. The number of hydrogen-bond acceptors (Lipinski definition) is 0. The van der Waals surface area contributed by atoms with E-state index < -0.39 is 0 Å². The highest BCUT2D eigenvalue weighted by molar-refractivity contribution is 5.18. The summed E-state index contributed by atoms with van der Waals surface area (Å²) in [5.41, 5.74) is 1.53. The van der Waals surface area contributed by atoms with Crippen molar-refractivity contribution in [3.8, 4) is 0 Å². The Kier molecular flexibility index (Phi) is 3.62. The van der Waals surface area contributed by atoms with Gasteiger partial charge in [0.1, 0.15) is 0 Å². The summed E-state index contributed by atoms with van der Waals surface area (Å²) in [6, 6.07) is 11.7. The van der Waals surface area contributed by atoms with E-state index in [0.29, 0.717) is 0 Å². The Hall–Kier alpha value is -0.780. The second-order valence-electron chi connectivity index (χ2n) is 4.38. The second-order valence-corrected chi connectivity index (χ2v) is 4.38. The van der Waals surface area contributed by atoms with Crippen molar-refractivity contribution in [3.05, 3.63) is 35.9 Å². The molecule has 0 unspecified atom stereocenters. The fraction of sp³-hybridized carbons (Fsp3) is 0.571. The van der Waals surface area contributed by atoms with Crippen LogP contribution in [0.15, 0.2) is 24.3 Å². The van der Waals surface area contributed by atoms with Crippen LogP contribution in [0.3, 0.4) is 0 Å². The van der Waals surface area contributed by atoms with E-state index in [0.717, 1.165) is 5.92 Å². The van der Waals surface area contributed by atoms with Crippen LogP contribution < -0.4 is 0 Å². The van der Waals surface area contributed by atoms with Crippen LogP contribution in [-0.2, 0) is 0 Å². The summed E-state index contributed by atoms with van der Waals surface area (Å²) in [6.45, 7) is 0. The molecule has 1 saturated carbocycles. The lowest BCUT2D eigenvalue weighted by molar-refractivity contribution is 0.455. The molecule has 2 rings (SSSR count). The first-order valence-electron chi connectivity index (χ1n) is 5.93. The summed E-state index contributed by atoms with van der Waals surface area (Å²) in [6.07, 6.45) is 9.96. The van der Waals surface area contributed by atoms with Crippen molar-refractivity contribution in [2.24, 2.45) is 0 Å². The topological polar surface area (TPSA) is 0 Å². The standard InChI is InChI=1S/C14H19/c1-2-5-9-13(10-6-3-1)14-11-7-4-8-12-14/h7-8,11-13H,1-3,5-6,9-10H2. The van der Waals surface area contributed by atoms with Crippen molar-refractivity contribution in [2.45, 2.75) is 50.9 Å². The quantitative estimate of drug-likeness (QED) is 0.614. The van der Waals surface area contributed by atoms with Gasteiger partial charge in [-0.2, -0.15) is 0 Å². The van der Waals surface area contributed by atoms with Gasteiger partial charge in [0.05, 0.1) is 0 Å². The van der Waals surface area contributed by atoms with Crippen molar-refractivity contribution >= 4 is 0 Å². The zero-order valence-electron chi connectivity index (χ0n) is 8.84. The lowest BCUT2D eigenvalue weighted by Crippen LogP contribution is -2.01. The Morgan fingerprint density at radius 2 is 1.43 bits per heavy atom. The first-order chi connectivity index (χ1) is 6.97. The number of benzene rings is 1. The van der Waals surface area contributed by atoms with Gasteiger partial charge in [0.2, 0.25) is 0 Å². The molecule has 14 heavy (non-hydrogen) atoms. The molecular weight excluding hydrogens is 168 g/mol. The minimum absolute atomic E-state index is 0.824. The van der Waals surface area contributed by atoms with Gasteiger partial charge in [-0.15, -0.1) is 0 Å². The molecule has 0 aromatic heterocycles. The van der Waals surface area contributed by atoms with Crippen LogP contribution in [0.5, 0.6) is 0 Å². The third-order valence-corrected chi connectivity index (χ3v) is 3.32. The molecule has 0 spiro atoms. The zero-order valence-corrected chi connectivity index (χ0v) is 8.84. The van der Waals surface area contributed by atoms with Crippen molar-refractivity contribution in [1.29, 1.82) is 0 Å². The van der Waals surface area contributed by atoms with E-state index in [2.05, 4.69) is 18.2 Å². The number of rotatable bonds is 1. The smallest absolute Gasteiger partial charge is 0.0162 e. The average Bonchev–Trinajstić information content (AvgIpc) is 2.18. The molecule has 0 heteroatoms. The van der Waals surface area contributed by atoms with Crippen molar-refractivity contribution in [1.82, 2.24) is 0 Å². The van der Waals surface area contributed by atoms with Crippen molar-refractivity contribution in [3.63, 3.8) is 0 Å². The van der Waals surface area contributed by atoms with E-state index in [1.807, 2.05) is 12.1 Å². The predicted octanol–water partition coefficient (Wildman–Crippen LogP) is 4.31. The molecule has 1 radical (unpaired) electrons. The first kappa shape index (κ1) is 9.76. The van der Waals surface area contributed by atoms with Gasteiger partial charge in [0, 0.05) is 0 Å². The molecule has 0 N–H and O–H groups in total. The molecule has 0 atom stereocenters. The summed E-state index contributed by atoms with van der Waals surface area (Å²) in [5, 5.41) is 0. The van der Waals surface area contributed by atoms with E-state index >= 15 is 0 Å². The van der Waals surface area contributed by atoms with Crippen LogP contribution in [0.25, 0.3) is 0 Å². The number of hydrogen-bond donors (Lipinski definition) is 0. The van der Waals surface area contributed by atoms with Crippen LogP contribution >= 0.6 is 0 Å². The molecular formula is C14H19. The minimum atomic E-state index is 0.824. The van der Waals surface area contributed by atoms with Crippen molar-refractivity contribution in [2.75, 3.05) is 0 Å². The molecule has 0 amide bonds. The zero-order chi connectivity index (χ0) is 9.64. The van der Waals surface area contributed by atoms with Gasteiger partial charge in [-0.25, -0.2) is 0 Å². The SMILES string of the molecule is [c]1ccc(C2CCCCCCC2)cc1. The van der Waals surface area contributed by atoms with Gasteiger partial charge in [0.15, 0.2) is 0 Å². The van der Waals surface area contributed by atoms with E-state index in [-0.39, 0.29) is 0 Å². The van der Waals surface area contributed by atoms with Gasteiger partial charge in [-0.05, 0) is 30.4 Å². The molecule has 1 fully saturated rings. The molecule has 1 aliphatic rings. The fourth-order valence-electron chi connectivity index (χ4n) is 2.46. The maximum atomic E-state index is 3.10. The Labute approximate surface area is 87.3 Å². The van der Waals surface area contributed by atoms with Gasteiger partial charge in [-0.3, -0.25) is 0 Å². The van der Waals surface area contributed by atoms with Crippen LogP contribution in [0, 0.1) is 6.07 Å². The van der Waals surface area contributed by atoms with Gasteiger partial charge in [0.25, 0.3) is 0 Å². The molecule has 1 aromatic carbocycles. The molecule has 0 heterocycles. The average molecular weight is 187 g/mol. The summed E-state index contributed by atoms with van der Waals surface area (Å²) in [4.78, 5) is 0. The molecule has 0 aliphatic heterocycles. The van der Waals surface area contributed by atoms with E-state index in [9.17, 15) is 0 Å². The molecule has 0 bridgehead atoms. The Bertz CT molecular complexity index is 242. The van der Waals surface area contributed by atoms with E-state index in [1.165, 1.54) is 50.5 Å². The van der Waals surface area contributed by atoms with Gasteiger partial charge < -0.3 is 0 Å². The molecule has 0 saturated heterocycles. The van der Waals surface area contributed by atoms with Crippen molar-refractivity contribution < 1.29 is 0 Å². The third kappa shape index (κ3) is 2.60. The van der Waals surface area contributed by atoms with Gasteiger partial charge >= 0.3 is 0 Å². The molecule has 0 nitrogen and oxygen atoms in total. The lowest BCUT2D eigenvalue weighted by atomic mass is 9.86. The van der Waals surface area contributed by atoms with E-state index in [4.69, 9.17) is 0 Å². The van der Waals surface area contributed by atoms with Crippen LogP contribution in [0.2, 0.25) is 0 Å². The largest absolute Gasteiger partial charge is 0.0581 e. The van der Waals surface area contributed by atoms with Crippen LogP contribution in [0.4, 0.5) is 0 Å². The third-order valence-electron chi connectivity index (χ3n) is 3.32. The summed E-state index contributed by atoms with van der Waals surface area (Å²) >= 11 is 0. The normalized spacial score (nSPS) is 20.0. The molecule has 1 aromatic rings. The Morgan fingerprint density at radius 1 is 0.857 bits per heavy atom. The predicted molar refractivity (Wildman–Crippen MR) is 60.3 cm³/mol. The summed E-state index contributed by atoms with van der Waals surface area (Å²) in [7, 11) is 0. The highest BCUT2D eigenvalue weighted by atomic mass is 14.2. The van der Waals surface area contributed by atoms with E-state index in [1.54, 1.807) is 0 Å². The molecule has 75 valence electrons. The molecule has 1 aliphatic carbocycles. The Balaban J connectivity index is 2.01. The highest BCUT2D eigenvalue weighted by Crippen LogP contribution is 2.30. The van der Waals surface area contributed by atoms with Crippen LogP contribution in [0.1, 0.15) is 56.4 Å². The monoisotopic (exact) mass is 187 g/mol. The maximum absolute atomic E-state index is 3.10. The fourth-order valence-corrected chi connectivity index (χ4v) is 2.46. The second kappa shape index (κ2) is 5.19. The maximum Gasteiger partial charge on any atom is -0.0162 e. The lowest BCUT2D eigenvalue weighted by Gasteiger charge is -2.19. The highest BCUT2D eigenvalue weighted by Gasteiger charge is 2.12. The van der Waals surface area contributed by atoms with Crippen LogP contribution in [-0.4, -0.2) is 0 Å². The summed E-state index contributed by atoms with van der Waals surface area (Å²) < 4.78 is 0. The summed E-state index contributed by atoms with van der Waals surface area (Å²) in [5.74, 6) is 0.824.